The van der Waals surface area contributed by atoms with Crippen LogP contribution in [-0.4, -0.2) is 36.7 Å². The van der Waals surface area contributed by atoms with Crippen molar-refractivity contribution in [3.63, 3.8) is 0 Å². The molecule has 0 spiro atoms. The average molecular weight is 265 g/mol. The van der Waals surface area contributed by atoms with Crippen molar-refractivity contribution in [3.8, 4) is 0 Å². The highest BCUT2D eigenvalue weighted by molar-refractivity contribution is 7.22. The standard InChI is InChI=1S/C10H25O4Si2/c1-7-12-16(13-8-2,14-9-3)15(11)10(4,5)6/h15H,7-9H2,1-6H3. The molecule has 0 saturated carbocycles. The zero-order valence-corrected chi connectivity index (χ0v) is 13.5. The second kappa shape index (κ2) is 6.88. The molecule has 0 N–H and O–H groups in total. The van der Waals surface area contributed by atoms with E-state index in [1.165, 1.54) is 0 Å². The highest BCUT2D eigenvalue weighted by Gasteiger charge is 2.57. The quantitative estimate of drug-likeness (QED) is 0.662. The highest BCUT2D eigenvalue weighted by atomic mass is 29.3. The first-order valence-electron chi connectivity index (χ1n) is 5.91. The molecule has 97 valence electrons. The Bertz CT molecular complexity index is 177. The van der Waals surface area contributed by atoms with Crippen molar-refractivity contribution in [2.45, 2.75) is 46.6 Å². The van der Waals surface area contributed by atoms with Crippen molar-refractivity contribution in [1.29, 1.82) is 0 Å². The molecule has 0 aliphatic heterocycles. The average Bonchev–Trinajstić information content (AvgIpc) is 2.16. The number of hydrogen-bond acceptors (Lipinski definition) is 3. The Morgan fingerprint density at radius 3 is 1.44 bits per heavy atom. The van der Waals surface area contributed by atoms with Crippen LogP contribution in [0.25, 0.3) is 0 Å². The van der Waals surface area contributed by atoms with Gasteiger partial charge >= 0.3 is 16.9 Å². The van der Waals surface area contributed by atoms with Crippen molar-refractivity contribution in [1.82, 2.24) is 0 Å². The molecular weight excluding hydrogens is 240 g/mol. The van der Waals surface area contributed by atoms with Crippen LogP contribution in [0.5, 0.6) is 0 Å². The first-order chi connectivity index (χ1) is 7.34. The lowest BCUT2D eigenvalue weighted by atomic mass is 10.3. The van der Waals surface area contributed by atoms with Crippen LogP contribution in [0.15, 0.2) is 0 Å². The van der Waals surface area contributed by atoms with E-state index in [-0.39, 0.29) is 5.04 Å². The van der Waals surface area contributed by atoms with Crippen molar-refractivity contribution >= 4 is 16.9 Å². The fourth-order valence-electron chi connectivity index (χ4n) is 1.49. The van der Waals surface area contributed by atoms with Gasteiger partial charge < -0.3 is 13.3 Å². The number of rotatable bonds is 7. The largest absolute Gasteiger partial charge is 0.504 e. The molecule has 0 aromatic rings. The summed E-state index contributed by atoms with van der Waals surface area (Å²) in [7, 11) is -5.42. The van der Waals surface area contributed by atoms with Gasteiger partial charge in [0.2, 0.25) is 0 Å². The number of hydrogen-bond donors (Lipinski definition) is 0. The predicted molar refractivity (Wildman–Crippen MR) is 68.2 cm³/mol. The van der Waals surface area contributed by atoms with E-state index in [2.05, 4.69) is 0 Å². The minimum absolute atomic E-state index is 0.286. The Kier molecular flexibility index (Phi) is 6.99. The summed E-state index contributed by atoms with van der Waals surface area (Å²) >= 11 is 0. The lowest BCUT2D eigenvalue weighted by Gasteiger charge is -2.35. The van der Waals surface area contributed by atoms with Crippen LogP contribution in [-0.2, 0) is 18.1 Å². The van der Waals surface area contributed by atoms with Gasteiger partial charge in [-0.2, -0.15) is 0 Å². The van der Waals surface area contributed by atoms with E-state index in [9.17, 15) is 4.80 Å². The summed E-state index contributed by atoms with van der Waals surface area (Å²) in [5.74, 6) is 0. The lowest BCUT2D eigenvalue weighted by molar-refractivity contribution is 0.0842. The van der Waals surface area contributed by atoms with Gasteiger partial charge in [-0.15, -0.1) is 0 Å². The minimum Gasteiger partial charge on any atom is -0.375 e. The van der Waals surface area contributed by atoms with E-state index in [1.807, 2.05) is 41.5 Å². The van der Waals surface area contributed by atoms with E-state index in [4.69, 9.17) is 13.3 Å². The van der Waals surface area contributed by atoms with Crippen LogP contribution in [0.2, 0.25) is 5.04 Å². The smallest absolute Gasteiger partial charge is 0.375 e. The molecule has 1 unspecified atom stereocenters. The van der Waals surface area contributed by atoms with Gasteiger partial charge in [-0.1, -0.05) is 20.8 Å². The van der Waals surface area contributed by atoms with E-state index in [0.29, 0.717) is 19.8 Å². The first kappa shape index (κ1) is 16.3. The van der Waals surface area contributed by atoms with Crippen molar-refractivity contribution < 1.29 is 18.1 Å². The van der Waals surface area contributed by atoms with Crippen molar-refractivity contribution in [2.24, 2.45) is 0 Å². The van der Waals surface area contributed by atoms with Crippen LogP contribution in [0, 0.1) is 0 Å². The molecule has 0 amide bonds. The Balaban J connectivity index is 4.98. The van der Waals surface area contributed by atoms with Crippen LogP contribution < -0.4 is 0 Å². The SMILES string of the molecule is CCO[Si](OCC)(OCC)[SiH]([O])C(C)(C)C. The monoisotopic (exact) mass is 265 g/mol. The van der Waals surface area contributed by atoms with Crippen LogP contribution in [0.4, 0.5) is 0 Å². The summed E-state index contributed by atoms with van der Waals surface area (Å²) < 4.78 is 16.9. The van der Waals surface area contributed by atoms with E-state index in [1.54, 1.807) is 0 Å². The second-order valence-corrected chi connectivity index (χ2v) is 12.9. The van der Waals surface area contributed by atoms with Crippen LogP contribution >= 0.6 is 0 Å². The van der Waals surface area contributed by atoms with Gasteiger partial charge in [-0.3, -0.25) is 4.80 Å². The summed E-state index contributed by atoms with van der Waals surface area (Å²) in [6.07, 6.45) is 0. The molecule has 0 rings (SSSR count). The summed E-state index contributed by atoms with van der Waals surface area (Å²) in [5.41, 5.74) is 0. The molecule has 16 heavy (non-hydrogen) atoms. The zero-order valence-electron chi connectivity index (χ0n) is 11.3. The maximum atomic E-state index is 12.6. The van der Waals surface area contributed by atoms with Gasteiger partial charge in [0, 0.05) is 19.8 Å². The fraction of sp³-hybridized carbons (Fsp3) is 1.00. The maximum absolute atomic E-state index is 12.6. The molecule has 0 aliphatic carbocycles. The Labute approximate surface area is 102 Å². The molecule has 0 bridgehead atoms. The topological polar surface area (TPSA) is 47.6 Å². The molecule has 6 heteroatoms. The second-order valence-electron chi connectivity index (χ2n) is 4.65. The molecule has 0 fully saturated rings. The third-order valence-corrected chi connectivity index (χ3v) is 12.5. The van der Waals surface area contributed by atoms with Crippen molar-refractivity contribution in [3.05, 3.63) is 0 Å². The molecule has 0 saturated heterocycles. The molecule has 0 aromatic heterocycles. The molecule has 1 atom stereocenters. The molecular formula is C10H25O4Si2. The van der Waals surface area contributed by atoms with Gasteiger partial charge in [0.15, 0.2) is 0 Å². The summed E-state index contributed by atoms with van der Waals surface area (Å²) in [4.78, 5) is 12.6. The van der Waals surface area contributed by atoms with Gasteiger partial charge in [-0.25, -0.2) is 0 Å². The molecule has 0 aromatic carbocycles. The summed E-state index contributed by atoms with van der Waals surface area (Å²) in [6.45, 7) is 12.9. The van der Waals surface area contributed by atoms with E-state index >= 15 is 0 Å². The first-order valence-corrected chi connectivity index (χ1v) is 10.5. The third-order valence-electron chi connectivity index (χ3n) is 2.14. The molecule has 1 radical (unpaired) electrons. The van der Waals surface area contributed by atoms with E-state index in [0.717, 1.165) is 0 Å². The minimum atomic E-state index is -2.95. The zero-order chi connectivity index (χ0) is 12.8. The molecule has 0 heterocycles. The third kappa shape index (κ3) is 4.27. The molecule has 0 aliphatic rings. The Hall–Kier alpha value is 0.274. The highest BCUT2D eigenvalue weighted by Crippen LogP contribution is 2.32. The lowest BCUT2D eigenvalue weighted by Crippen LogP contribution is -2.62. The van der Waals surface area contributed by atoms with Gasteiger partial charge in [0.25, 0.3) is 0 Å². The maximum Gasteiger partial charge on any atom is 0.504 e. The Morgan fingerprint density at radius 1 is 0.938 bits per heavy atom. The summed E-state index contributed by atoms with van der Waals surface area (Å²) in [6, 6.07) is 0. The predicted octanol–water partition coefficient (Wildman–Crippen LogP) is 2.07. The van der Waals surface area contributed by atoms with Gasteiger partial charge in [0.1, 0.15) is 0 Å². The van der Waals surface area contributed by atoms with Crippen LogP contribution in [0.3, 0.4) is 0 Å². The molecule has 4 nitrogen and oxygen atoms in total. The normalized spacial score (nSPS) is 15.2. The van der Waals surface area contributed by atoms with Gasteiger partial charge in [-0.05, 0) is 25.8 Å². The Morgan fingerprint density at radius 2 is 1.25 bits per heavy atom. The fourth-order valence-corrected chi connectivity index (χ4v) is 10.5. The van der Waals surface area contributed by atoms with Gasteiger partial charge in [0.05, 0.1) is 0 Å². The summed E-state index contributed by atoms with van der Waals surface area (Å²) in [5, 5.41) is -0.286. The van der Waals surface area contributed by atoms with Crippen molar-refractivity contribution in [2.75, 3.05) is 19.8 Å². The van der Waals surface area contributed by atoms with Crippen LogP contribution in [0.1, 0.15) is 41.5 Å². The van der Waals surface area contributed by atoms with E-state index < -0.39 is 16.9 Å².